The van der Waals surface area contributed by atoms with E-state index in [0.717, 1.165) is 11.4 Å². The third-order valence-corrected chi connectivity index (χ3v) is 3.13. The number of nitrogens with two attached hydrogens (primary N) is 1. The molecule has 6 heteroatoms. The van der Waals surface area contributed by atoms with Gasteiger partial charge in [0.1, 0.15) is 0 Å². The predicted molar refractivity (Wildman–Crippen MR) is 79.1 cm³/mol. The summed E-state index contributed by atoms with van der Waals surface area (Å²) in [6.45, 7) is 0. The number of thiophene rings is 1. The largest absolute Gasteiger partial charge is 0.376 e. The van der Waals surface area contributed by atoms with Crippen molar-refractivity contribution in [3.63, 3.8) is 0 Å². The van der Waals surface area contributed by atoms with Crippen LogP contribution in [0.5, 0.6) is 0 Å². The first-order valence-corrected chi connectivity index (χ1v) is 6.45. The number of hydrogen-bond donors (Lipinski definition) is 3. The van der Waals surface area contributed by atoms with Gasteiger partial charge in [0.2, 0.25) is 0 Å². The van der Waals surface area contributed by atoms with E-state index in [4.69, 9.17) is 18.0 Å². The van der Waals surface area contributed by atoms with Gasteiger partial charge in [0.15, 0.2) is 5.11 Å². The number of benzene rings is 1. The second-order valence-electron chi connectivity index (χ2n) is 3.50. The zero-order valence-electron chi connectivity index (χ0n) is 9.34. The second kappa shape index (κ2) is 5.61. The fourth-order valence-electron chi connectivity index (χ4n) is 1.38. The second-order valence-corrected chi connectivity index (χ2v) is 4.89. The first kappa shape index (κ1) is 12.5. The lowest BCUT2D eigenvalue weighted by Crippen LogP contribution is -2.18. The number of thiocarbonyl (C=S) groups is 1. The van der Waals surface area contributed by atoms with Crippen LogP contribution in [0.4, 0.5) is 11.4 Å². The Balaban J connectivity index is 2.02. The number of carbonyl (C=O) groups is 1. The molecule has 18 heavy (non-hydrogen) atoms. The van der Waals surface area contributed by atoms with Crippen LogP contribution >= 0.6 is 23.6 Å². The number of nitrogens with one attached hydrogen (secondary N) is 2. The lowest BCUT2D eigenvalue weighted by Gasteiger charge is -2.06. The van der Waals surface area contributed by atoms with Crippen LogP contribution in [0.2, 0.25) is 0 Å². The molecule has 0 atom stereocenters. The molecule has 0 unspecified atom stereocenters. The van der Waals surface area contributed by atoms with Gasteiger partial charge in [0.25, 0.3) is 5.91 Å². The molecule has 0 spiro atoms. The molecular weight excluding hydrogens is 266 g/mol. The highest BCUT2D eigenvalue weighted by Crippen LogP contribution is 2.16. The number of amides is 1. The maximum absolute atomic E-state index is 11.8. The Morgan fingerprint density at radius 3 is 2.22 bits per heavy atom. The summed E-state index contributed by atoms with van der Waals surface area (Å²) in [5.74, 6) is -0.111. The summed E-state index contributed by atoms with van der Waals surface area (Å²) >= 11 is 6.14. The van der Waals surface area contributed by atoms with Crippen LogP contribution < -0.4 is 16.4 Å². The molecule has 0 bridgehead atoms. The Hall–Kier alpha value is -1.92. The zero-order chi connectivity index (χ0) is 13.0. The van der Waals surface area contributed by atoms with E-state index in [9.17, 15) is 4.79 Å². The normalized spacial score (nSPS) is 9.78. The van der Waals surface area contributed by atoms with Gasteiger partial charge in [0.05, 0.1) is 4.88 Å². The molecule has 0 aliphatic heterocycles. The van der Waals surface area contributed by atoms with Gasteiger partial charge in [-0.1, -0.05) is 6.07 Å². The molecule has 92 valence electrons. The summed E-state index contributed by atoms with van der Waals surface area (Å²) in [7, 11) is 0. The van der Waals surface area contributed by atoms with Crippen LogP contribution in [0.25, 0.3) is 0 Å². The molecule has 1 aromatic carbocycles. The van der Waals surface area contributed by atoms with Crippen molar-refractivity contribution in [3.05, 3.63) is 46.7 Å². The zero-order valence-corrected chi connectivity index (χ0v) is 11.0. The highest BCUT2D eigenvalue weighted by atomic mass is 32.1. The van der Waals surface area contributed by atoms with E-state index < -0.39 is 0 Å². The van der Waals surface area contributed by atoms with E-state index in [1.54, 1.807) is 30.3 Å². The highest BCUT2D eigenvalue weighted by Gasteiger charge is 2.06. The highest BCUT2D eigenvalue weighted by molar-refractivity contribution is 7.80. The third-order valence-electron chi connectivity index (χ3n) is 2.16. The molecule has 1 aromatic heterocycles. The minimum Gasteiger partial charge on any atom is -0.376 e. The van der Waals surface area contributed by atoms with Crippen molar-refractivity contribution in [1.82, 2.24) is 0 Å². The fourth-order valence-corrected chi connectivity index (χ4v) is 2.12. The first-order valence-electron chi connectivity index (χ1n) is 5.16. The van der Waals surface area contributed by atoms with E-state index >= 15 is 0 Å². The molecular formula is C12H11N3OS2. The minimum atomic E-state index is -0.111. The van der Waals surface area contributed by atoms with Crippen LogP contribution in [0.3, 0.4) is 0 Å². The van der Waals surface area contributed by atoms with Crippen molar-refractivity contribution >= 4 is 45.9 Å². The predicted octanol–water partition coefficient (Wildman–Crippen LogP) is 2.66. The monoisotopic (exact) mass is 277 g/mol. The van der Waals surface area contributed by atoms with Gasteiger partial charge in [-0.2, -0.15) is 0 Å². The van der Waals surface area contributed by atoms with Crippen LogP contribution in [-0.2, 0) is 0 Å². The Labute approximate surface area is 114 Å². The molecule has 0 aliphatic carbocycles. The van der Waals surface area contributed by atoms with Gasteiger partial charge in [-0.3, -0.25) is 4.79 Å². The average Bonchev–Trinajstić information content (AvgIpc) is 2.84. The summed E-state index contributed by atoms with van der Waals surface area (Å²) in [6.07, 6.45) is 0. The summed E-state index contributed by atoms with van der Waals surface area (Å²) < 4.78 is 0. The summed E-state index contributed by atoms with van der Waals surface area (Å²) in [4.78, 5) is 12.5. The quantitative estimate of drug-likeness (QED) is 0.755. The van der Waals surface area contributed by atoms with Gasteiger partial charge >= 0.3 is 0 Å². The van der Waals surface area contributed by atoms with Crippen LogP contribution in [-0.4, -0.2) is 11.0 Å². The van der Waals surface area contributed by atoms with Crippen molar-refractivity contribution in [2.24, 2.45) is 5.73 Å². The number of rotatable bonds is 3. The molecule has 0 saturated carbocycles. The summed E-state index contributed by atoms with van der Waals surface area (Å²) in [5.41, 5.74) is 6.87. The van der Waals surface area contributed by atoms with Crippen LogP contribution in [0.1, 0.15) is 9.67 Å². The van der Waals surface area contributed by atoms with Gasteiger partial charge in [-0.25, -0.2) is 0 Å². The SMILES string of the molecule is NC(=S)Nc1ccc(NC(=O)c2cccs2)cc1. The average molecular weight is 277 g/mol. The Kier molecular flexibility index (Phi) is 3.91. The van der Waals surface area contributed by atoms with Crippen molar-refractivity contribution in [1.29, 1.82) is 0 Å². The van der Waals surface area contributed by atoms with Gasteiger partial charge < -0.3 is 16.4 Å². The molecule has 1 heterocycles. The standard InChI is InChI=1S/C12H11N3OS2/c13-12(17)15-9-5-3-8(4-6-9)14-11(16)10-2-1-7-18-10/h1-7H,(H,14,16)(H3,13,15,17). The molecule has 0 saturated heterocycles. The van der Waals surface area contributed by atoms with E-state index in [1.807, 2.05) is 11.4 Å². The molecule has 2 rings (SSSR count). The molecule has 4 nitrogen and oxygen atoms in total. The third kappa shape index (κ3) is 3.28. The Bertz CT molecular complexity index is 549. The van der Waals surface area contributed by atoms with E-state index in [0.29, 0.717) is 4.88 Å². The van der Waals surface area contributed by atoms with Crippen molar-refractivity contribution in [2.45, 2.75) is 0 Å². The van der Waals surface area contributed by atoms with E-state index in [-0.39, 0.29) is 11.0 Å². The van der Waals surface area contributed by atoms with Crippen LogP contribution in [0.15, 0.2) is 41.8 Å². The smallest absolute Gasteiger partial charge is 0.265 e. The minimum absolute atomic E-state index is 0.111. The van der Waals surface area contributed by atoms with E-state index in [1.165, 1.54) is 11.3 Å². The molecule has 0 radical (unpaired) electrons. The molecule has 0 fully saturated rings. The molecule has 2 aromatic rings. The Morgan fingerprint density at radius 2 is 1.72 bits per heavy atom. The molecule has 0 aliphatic rings. The maximum Gasteiger partial charge on any atom is 0.265 e. The van der Waals surface area contributed by atoms with E-state index in [2.05, 4.69) is 10.6 Å². The van der Waals surface area contributed by atoms with Gasteiger partial charge in [-0.05, 0) is 47.9 Å². The van der Waals surface area contributed by atoms with Crippen LogP contribution in [0, 0.1) is 0 Å². The van der Waals surface area contributed by atoms with Crippen molar-refractivity contribution < 1.29 is 4.79 Å². The molecule has 1 amide bonds. The number of anilines is 2. The first-order chi connectivity index (χ1) is 8.65. The summed E-state index contributed by atoms with van der Waals surface area (Å²) in [6, 6.07) is 10.8. The lowest BCUT2D eigenvalue weighted by atomic mass is 10.2. The van der Waals surface area contributed by atoms with Gasteiger partial charge in [-0.15, -0.1) is 11.3 Å². The van der Waals surface area contributed by atoms with Crippen molar-refractivity contribution in [3.8, 4) is 0 Å². The Morgan fingerprint density at radius 1 is 1.11 bits per heavy atom. The van der Waals surface area contributed by atoms with Gasteiger partial charge in [0, 0.05) is 11.4 Å². The maximum atomic E-state index is 11.8. The topological polar surface area (TPSA) is 67.2 Å². The van der Waals surface area contributed by atoms with Crippen molar-refractivity contribution in [2.75, 3.05) is 10.6 Å². The molecule has 4 N–H and O–H groups in total. The summed E-state index contributed by atoms with van der Waals surface area (Å²) in [5, 5.41) is 7.69. The number of carbonyl (C=O) groups excluding carboxylic acids is 1. The lowest BCUT2D eigenvalue weighted by molar-refractivity contribution is 0.103. The number of hydrogen-bond acceptors (Lipinski definition) is 3. The fraction of sp³-hybridized carbons (Fsp3) is 0.